The highest BCUT2D eigenvalue weighted by molar-refractivity contribution is 5.79. The molecule has 1 aromatic heterocycles. The fourth-order valence-corrected chi connectivity index (χ4v) is 1.61. The second kappa shape index (κ2) is 6.03. The van der Waals surface area contributed by atoms with Crippen molar-refractivity contribution in [2.24, 2.45) is 0 Å². The van der Waals surface area contributed by atoms with Crippen LogP contribution >= 0.6 is 0 Å². The number of rotatable bonds is 6. The highest BCUT2D eigenvalue weighted by Crippen LogP contribution is 2.09. The summed E-state index contributed by atoms with van der Waals surface area (Å²) in [4.78, 5) is 24.8. The summed E-state index contributed by atoms with van der Waals surface area (Å²) in [7, 11) is 0. The SMILES string of the molecule is CCCCCCn1c(O)c(C=N)c(=O)[nH]c1=O. The Kier molecular flexibility index (Phi) is 4.68. The van der Waals surface area contributed by atoms with Crippen molar-refractivity contribution in [2.75, 3.05) is 0 Å². The summed E-state index contributed by atoms with van der Waals surface area (Å²) in [6.45, 7) is 2.43. The van der Waals surface area contributed by atoms with Crippen molar-refractivity contribution in [3.63, 3.8) is 0 Å². The van der Waals surface area contributed by atoms with Crippen LogP contribution in [0.2, 0.25) is 0 Å². The molecule has 0 amide bonds. The van der Waals surface area contributed by atoms with Gasteiger partial charge in [-0.05, 0) is 6.42 Å². The number of nitrogens with zero attached hydrogens (tertiary/aromatic N) is 1. The first kappa shape index (κ1) is 13.2. The number of aromatic amines is 1. The van der Waals surface area contributed by atoms with E-state index < -0.39 is 17.1 Å². The number of nitrogens with one attached hydrogen (secondary N) is 2. The molecule has 0 saturated heterocycles. The van der Waals surface area contributed by atoms with Crippen LogP contribution in [-0.4, -0.2) is 20.9 Å². The molecule has 0 aliphatic carbocycles. The maximum atomic E-state index is 11.5. The minimum absolute atomic E-state index is 0.180. The minimum Gasteiger partial charge on any atom is -0.494 e. The van der Waals surface area contributed by atoms with Gasteiger partial charge >= 0.3 is 5.69 Å². The smallest absolute Gasteiger partial charge is 0.331 e. The van der Waals surface area contributed by atoms with E-state index in [9.17, 15) is 14.7 Å². The van der Waals surface area contributed by atoms with Gasteiger partial charge in [-0.15, -0.1) is 0 Å². The monoisotopic (exact) mass is 239 g/mol. The van der Waals surface area contributed by atoms with Crippen molar-refractivity contribution >= 4 is 6.21 Å². The van der Waals surface area contributed by atoms with Crippen LogP contribution in [0, 0.1) is 5.41 Å². The molecule has 1 aromatic rings. The molecule has 6 nitrogen and oxygen atoms in total. The Bertz CT molecular complexity index is 502. The molecule has 0 atom stereocenters. The lowest BCUT2D eigenvalue weighted by molar-refractivity contribution is 0.392. The number of H-pyrrole nitrogens is 1. The van der Waals surface area contributed by atoms with Gasteiger partial charge in [-0.25, -0.2) is 4.79 Å². The van der Waals surface area contributed by atoms with E-state index >= 15 is 0 Å². The van der Waals surface area contributed by atoms with Gasteiger partial charge in [-0.3, -0.25) is 14.3 Å². The number of unbranched alkanes of at least 4 members (excludes halogenated alkanes) is 3. The standard InChI is InChI=1S/C11H17N3O3/c1-2-3-4-5-6-14-10(16)8(7-12)9(15)13-11(14)17/h7,12,16H,2-6H2,1H3,(H,13,15,17). The lowest BCUT2D eigenvalue weighted by Gasteiger charge is -2.08. The zero-order valence-electron chi connectivity index (χ0n) is 9.82. The van der Waals surface area contributed by atoms with E-state index in [2.05, 4.69) is 11.9 Å². The Labute approximate surface area is 98.4 Å². The molecule has 0 radical (unpaired) electrons. The summed E-state index contributed by atoms with van der Waals surface area (Å²) in [5, 5.41) is 16.7. The Balaban J connectivity index is 2.96. The van der Waals surface area contributed by atoms with E-state index in [-0.39, 0.29) is 5.56 Å². The molecule has 17 heavy (non-hydrogen) atoms. The fraction of sp³-hybridized carbons (Fsp3) is 0.545. The Morgan fingerprint density at radius 1 is 1.35 bits per heavy atom. The Morgan fingerprint density at radius 2 is 2.06 bits per heavy atom. The van der Waals surface area contributed by atoms with Crippen molar-refractivity contribution in [1.82, 2.24) is 9.55 Å². The lowest BCUT2D eigenvalue weighted by Crippen LogP contribution is -2.32. The lowest BCUT2D eigenvalue weighted by atomic mass is 10.2. The maximum absolute atomic E-state index is 11.5. The molecule has 1 rings (SSSR count). The van der Waals surface area contributed by atoms with Gasteiger partial charge in [0.15, 0.2) is 0 Å². The molecule has 0 aliphatic rings. The summed E-state index contributed by atoms with van der Waals surface area (Å²) in [6, 6.07) is 0. The van der Waals surface area contributed by atoms with E-state index in [4.69, 9.17) is 5.41 Å². The zero-order chi connectivity index (χ0) is 12.8. The quantitative estimate of drug-likeness (QED) is 0.506. The van der Waals surface area contributed by atoms with Gasteiger partial charge in [0.2, 0.25) is 5.88 Å². The second-order valence-corrected chi connectivity index (χ2v) is 3.85. The second-order valence-electron chi connectivity index (χ2n) is 3.85. The zero-order valence-corrected chi connectivity index (χ0v) is 9.82. The van der Waals surface area contributed by atoms with E-state index in [1.807, 2.05) is 0 Å². The molecule has 0 fully saturated rings. The number of hydrogen-bond acceptors (Lipinski definition) is 4. The molecule has 0 bridgehead atoms. The summed E-state index contributed by atoms with van der Waals surface area (Å²) in [6.07, 6.45) is 4.61. The van der Waals surface area contributed by atoms with Crippen molar-refractivity contribution in [3.8, 4) is 5.88 Å². The number of hydrogen-bond donors (Lipinski definition) is 3. The molecule has 3 N–H and O–H groups in total. The normalized spacial score (nSPS) is 10.4. The predicted molar refractivity (Wildman–Crippen MR) is 65.0 cm³/mol. The summed E-state index contributed by atoms with van der Waals surface area (Å²) in [5.74, 6) is -0.426. The van der Waals surface area contributed by atoms with Gasteiger partial charge in [0.1, 0.15) is 5.56 Å². The van der Waals surface area contributed by atoms with Crippen LogP contribution < -0.4 is 11.2 Å². The van der Waals surface area contributed by atoms with E-state index in [1.54, 1.807) is 0 Å². The van der Waals surface area contributed by atoms with Crippen molar-refractivity contribution in [1.29, 1.82) is 5.41 Å². The first-order valence-corrected chi connectivity index (χ1v) is 5.68. The van der Waals surface area contributed by atoms with Gasteiger partial charge in [-0.1, -0.05) is 26.2 Å². The van der Waals surface area contributed by atoms with E-state index in [1.165, 1.54) is 0 Å². The molecule has 94 valence electrons. The average Bonchev–Trinajstić information content (AvgIpc) is 2.28. The van der Waals surface area contributed by atoms with Crippen molar-refractivity contribution < 1.29 is 5.11 Å². The third-order valence-corrected chi connectivity index (χ3v) is 2.59. The van der Waals surface area contributed by atoms with Gasteiger partial charge in [0.25, 0.3) is 5.56 Å². The molecule has 6 heteroatoms. The summed E-state index contributed by atoms with van der Waals surface area (Å²) < 4.78 is 1.09. The third kappa shape index (κ3) is 3.05. The predicted octanol–water partition coefficient (Wildman–Crippen LogP) is 0.820. The Morgan fingerprint density at radius 3 is 2.65 bits per heavy atom. The third-order valence-electron chi connectivity index (χ3n) is 2.59. The molecule has 0 saturated carbocycles. The average molecular weight is 239 g/mol. The Hall–Kier alpha value is -1.85. The number of aromatic nitrogens is 2. The first-order chi connectivity index (χ1) is 8.11. The van der Waals surface area contributed by atoms with Crippen molar-refractivity contribution in [3.05, 3.63) is 26.4 Å². The van der Waals surface area contributed by atoms with Crippen LogP contribution in [0.4, 0.5) is 0 Å². The summed E-state index contributed by atoms with van der Waals surface area (Å²) in [5.41, 5.74) is -1.54. The highest BCUT2D eigenvalue weighted by atomic mass is 16.3. The van der Waals surface area contributed by atoms with Crippen LogP contribution in [0.5, 0.6) is 5.88 Å². The van der Waals surface area contributed by atoms with Crippen LogP contribution in [0.25, 0.3) is 0 Å². The highest BCUT2D eigenvalue weighted by Gasteiger charge is 2.11. The molecular weight excluding hydrogens is 222 g/mol. The van der Waals surface area contributed by atoms with E-state index in [0.717, 1.165) is 36.5 Å². The molecule has 0 aliphatic heterocycles. The van der Waals surface area contributed by atoms with Crippen LogP contribution in [0.1, 0.15) is 38.2 Å². The van der Waals surface area contributed by atoms with Crippen molar-refractivity contribution in [2.45, 2.75) is 39.2 Å². The molecule has 0 aromatic carbocycles. The largest absolute Gasteiger partial charge is 0.494 e. The van der Waals surface area contributed by atoms with E-state index in [0.29, 0.717) is 6.54 Å². The van der Waals surface area contributed by atoms with Gasteiger partial charge in [-0.2, -0.15) is 0 Å². The fourth-order valence-electron chi connectivity index (χ4n) is 1.61. The van der Waals surface area contributed by atoms with Crippen LogP contribution in [-0.2, 0) is 6.54 Å². The molecule has 0 spiro atoms. The molecular formula is C11H17N3O3. The van der Waals surface area contributed by atoms with Crippen LogP contribution in [0.15, 0.2) is 9.59 Å². The number of aromatic hydroxyl groups is 1. The maximum Gasteiger partial charge on any atom is 0.331 e. The summed E-state index contributed by atoms with van der Waals surface area (Å²) >= 11 is 0. The first-order valence-electron chi connectivity index (χ1n) is 5.68. The van der Waals surface area contributed by atoms with Gasteiger partial charge in [0, 0.05) is 12.8 Å². The molecule has 0 unspecified atom stereocenters. The topological polar surface area (TPSA) is 98.9 Å². The van der Waals surface area contributed by atoms with Gasteiger partial charge < -0.3 is 10.5 Å². The minimum atomic E-state index is -0.729. The van der Waals surface area contributed by atoms with Crippen LogP contribution in [0.3, 0.4) is 0 Å². The van der Waals surface area contributed by atoms with Gasteiger partial charge in [0.05, 0.1) is 0 Å². The molecule has 1 heterocycles.